The minimum atomic E-state index is -0.312. The minimum absolute atomic E-state index is 0.0874. The lowest BCUT2D eigenvalue weighted by Gasteiger charge is -2.09. The molecule has 0 spiro atoms. The number of amides is 2. The van der Waals surface area contributed by atoms with Gasteiger partial charge in [-0.2, -0.15) is 0 Å². The third-order valence-corrected chi connectivity index (χ3v) is 4.78. The Hall–Kier alpha value is -3.39. The number of ether oxygens (including phenoxy) is 2. The summed E-state index contributed by atoms with van der Waals surface area (Å²) in [6.07, 6.45) is 0.0874. The third kappa shape index (κ3) is 5.79. The molecular weight excluding hydrogens is 390 g/mol. The van der Waals surface area contributed by atoms with Gasteiger partial charge in [0.2, 0.25) is 5.91 Å². The van der Waals surface area contributed by atoms with Gasteiger partial charge >= 0.3 is 0 Å². The van der Waals surface area contributed by atoms with Crippen molar-refractivity contribution in [2.24, 2.45) is 0 Å². The molecule has 0 radical (unpaired) electrons. The molecule has 0 aliphatic carbocycles. The summed E-state index contributed by atoms with van der Waals surface area (Å²) in [5.74, 6) is 0.712. The number of nitrogens with one attached hydrogen (secondary N) is 2. The van der Waals surface area contributed by atoms with Crippen LogP contribution in [0.3, 0.4) is 0 Å². The van der Waals surface area contributed by atoms with Gasteiger partial charge in [-0.25, -0.2) is 4.98 Å². The molecule has 2 N–H and O–H groups in total. The van der Waals surface area contributed by atoms with Crippen molar-refractivity contribution in [1.82, 2.24) is 4.98 Å². The van der Waals surface area contributed by atoms with Gasteiger partial charge in [0.15, 0.2) is 11.7 Å². The molecule has 0 aliphatic rings. The molecule has 1 heterocycles. The summed E-state index contributed by atoms with van der Waals surface area (Å²) in [6.45, 7) is 1.80. The first-order valence-corrected chi connectivity index (χ1v) is 9.78. The SMILES string of the molecule is COc1ccccc1NC(=O)Cc1csc(NC(=O)COc2ccccc2C)n1. The maximum absolute atomic E-state index is 12.3. The van der Waals surface area contributed by atoms with Crippen LogP contribution in [-0.4, -0.2) is 30.5 Å². The molecule has 29 heavy (non-hydrogen) atoms. The van der Waals surface area contributed by atoms with E-state index in [1.807, 2.05) is 43.3 Å². The molecule has 0 unspecified atom stereocenters. The molecule has 0 fully saturated rings. The zero-order chi connectivity index (χ0) is 20.6. The first-order valence-electron chi connectivity index (χ1n) is 8.90. The Bertz CT molecular complexity index is 1000. The average Bonchev–Trinajstić information content (AvgIpc) is 3.14. The Labute approximate surface area is 172 Å². The fourth-order valence-electron chi connectivity index (χ4n) is 2.57. The lowest BCUT2D eigenvalue weighted by molar-refractivity contribution is -0.118. The Balaban J connectivity index is 1.50. The number of benzene rings is 2. The second-order valence-corrected chi connectivity index (χ2v) is 7.03. The molecular formula is C21H21N3O4S. The topological polar surface area (TPSA) is 89.6 Å². The van der Waals surface area contributed by atoms with Crippen molar-refractivity contribution in [3.8, 4) is 11.5 Å². The summed E-state index contributed by atoms with van der Waals surface area (Å²) in [6, 6.07) is 14.6. The van der Waals surface area contributed by atoms with Crippen molar-refractivity contribution in [1.29, 1.82) is 0 Å². The molecule has 0 bridgehead atoms. The summed E-state index contributed by atoms with van der Waals surface area (Å²) in [7, 11) is 1.54. The molecule has 8 heteroatoms. The summed E-state index contributed by atoms with van der Waals surface area (Å²) < 4.78 is 10.7. The van der Waals surface area contributed by atoms with Gasteiger partial charge in [-0.05, 0) is 30.7 Å². The lowest BCUT2D eigenvalue weighted by Crippen LogP contribution is -2.20. The van der Waals surface area contributed by atoms with Gasteiger partial charge < -0.3 is 14.8 Å². The van der Waals surface area contributed by atoms with E-state index >= 15 is 0 Å². The van der Waals surface area contributed by atoms with Crippen molar-refractivity contribution in [3.63, 3.8) is 0 Å². The highest BCUT2D eigenvalue weighted by Crippen LogP contribution is 2.23. The highest BCUT2D eigenvalue weighted by molar-refractivity contribution is 7.13. The van der Waals surface area contributed by atoms with E-state index in [0.717, 1.165) is 5.56 Å². The van der Waals surface area contributed by atoms with Gasteiger partial charge in [0, 0.05) is 5.38 Å². The van der Waals surface area contributed by atoms with Crippen LogP contribution in [0.15, 0.2) is 53.9 Å². The number of rotatable bonds is 8. The van der Waals surface area contributed by atoms with Crippen molar-refractivity contribution < 1.29 is 19.1 Å². The Morgan fingerprint density at radius 1 is 1.00 bits per heavy atom. The Morgan fingerprint density at radius 2 is 1.72 bits per heavy atom. The fourth-order valence-corrected chi connectivity index (χ4v) is 3.30. The van der Waals surface area contributed by atoms with E-state index in [-0.39, 0.29) is 24.8 Å². The normalized spacial score (nSPS) is 10.3. The molecule has 0 saturated heterocycles. The van der Waals surface area contributed by atoms with Crippen LogP contribution in [0.5, 0.6) is 11.5 Å². The molecule has 1 aromatic heterocycles. The molecule has 2 aromatic carbocycles. The first kappa shape index (κ1) is 20.3. The number of carbonyl (C=O) groups is 2. The minimum Gasteiger partial charge on any atom is -0.495 e. The highest BCUT2D eigenvalue weighted by Gasteiger charge is 2.12. The average molecular weight is 411 g/mol. The van der Waals surface area contributed by atoms with E-state index in [1.165, 1.54) is 11.3 Å². The van der Waals surface area contributed by atoms with E-state index < -0.39 is 0 Å². The van der Waals surface area contributed by atoms with Gasteiger partial charge in [-0.15, -0.1) is 11.3 Å². The van der Waals surface area contributed by atoms with Gasteiger partial charge in [-0.1, -0.05) is 30.3 Å². The molecule has 3 rings (SSSR count). The third-order valence-electron chi connectivity index (χ3n) is 3.97. The number of para-hydroxylation sites is 3. The van der Waals surface area contributed by atoms with Crippen LogP contribution in [-0.2, 0) is 16.0 Å². The summed E-state index contributed by atoms with van der Waals surface area (Å²) in [5.41, 5.74) is 2.12. The first-order chi connectivity index (χ1) is 14.0. The molecule has 0 atom stereocenters. The van der Waals surface area contributed by atoms with E-state index in [1.54, 1.807) is 24.6 Å². The predicted octanol–water partition coefficient (Wildman–Crippen LogP) is 3.66. The molecule has 3 aromatic rings. The van der Waals surface area contributed by atoms with Gasteiger partial charge in [-0.3, -0.25) is 14.9 Å². The Kier molecular flexibility index (Phi) is 6.80. The second kappa shape index (κ2) is 9.70. The van der Waals surface area contributed by atoms with E-state index in [9.17, 15) is 9.59 Å². The van der Waals surface area contributed by atoms with Crippen LogP contribution < -0.4 is 20.1 Å². The molecule has 150 valence electrons. The standard InChI is InChI=1S/C21H21N3O4S/c1-14-7-3-5-9-17(14)28-12-20(26)24-21-22-15(13-29-21)11-19(25)23-16-8-4-6-10-18(16)27-2/h3-10,13H,11-12H2,1-2H3,(H,23,25)(H,22,24,26). The molecule has 0 saturated carbocycles. The smallest absolute Gasteiger partial charge is 0.264 e. The quantitative estimate of drug-likeness (QED) is 0.590. The van der Waals surface area contributed by atoms with Crippen LogP contribution in [0, 0.1) is 6.92 Å². The largest absolute Gasteiger partial charge is 0.495 e. The number of methoxy groups -OCH3 is 1. The molecule has 7 nitrogen and oxygen atoms in total. The maximum Gasteiger partial charge on any atom is 0.264 e. The summed E-state index contributed by atoms with van der Waals surface area (Å²) >= 11 is 1.26. The summed E-state index contributed by atoms with van der Waals surface area (Å²) in [4.78, 5) is 28.6. The van der Waals surface area contributed by atoms with E-state index in [0.29, 0.717) is 28.0 Å². The number of aryl methyl sites for hydroxylation is 1. The monoisotopic (exact) mass is 411 g/mol. The number of carbonyl (C=O) groups excluding carboxylic acids is 2. The highest BCUT2D eigenvalue weighted by atomic mass is 32.1. The van der Waals surface area contributed by atoms with Crippen LogP contribution >= 0.6 is 11.3 Å². The number of thiazole rings is 1. The molecule has 2 amide bonds. The van der Waals surface area contributed by atoms with Crippen LogP contribution in [0.4, 0.5) is 10.8 Å². The van der Waals surface area contributed by atoms with Crippen LogP contribution in [0.25, 0.3) is 0 Å². The van der Waals surface area contributed by atoms with E-state index in [2.05, 4.69) is 15.6 Å². The zero-order valence-corrected chi connectivity index (χ0v) is 16.9. The number of hydrogen-bond acceptors (Lipinski definition) is 6. The fraction of sp³-hybridized carbons (Fsp3) is 0.190. The number of hydrogen-bond donors (Lipinski definition) is 2. The van der Waals surface area contributed by atoms with Crippen LogP contribution in [0.2, 0.25) is 0 Å². The zero-order valence-electron chi connectivity index (χ0n) is 16.1. The van der Waals surface area contributed by atoms with E-state index in [4.69, 9.17) is 9.47 Å². The number of aromatic nitrogens is 1. The van der Waals surface area contributed by atoms with Crippen molar-refractivity contribution in [2.75, 3.05) is 24.4 Å². The van der Waals surface area contributed by atoms with Crippen molar-refractivity contribution in [3.05, 3.63) is 65.2 Å². The van der Waals surface area contributed by atoms with Crippen molar-refractivity contribution >= 4 is 34.0 Å². The second-order valence-electron chi connectivity index (χ2n) is 6.17. The van der Waals surface area contributed by atoms with Crippen LogP contribution in [0.1, 0.15) is 11.3 Å². The van der Waals surface area contributed by atoms with Gasteiger partial charge in [0.25, 0.3) is 5.91 Å². The Morgan fingerprint density at radius 3 is 2.48 bits per heavy atom. The number of anilines is 2. The number of nitrogens with zero attached hydrogens (tertiary/aromatic N) is 1. The molecule has 0 aliphatic heterocycles. The van der Waals surface area contributed by atoms with Crippen molar-refractivity contribution in [2.45, 2.75) is 13.3 Å². The summed E-state index contributed by atoms with van der Waals surface area (Å²) in [5, 5.41) is 7.64. The predicted molar refractivity (Wildman–Crippen MR) is 113 cm³/mol. The maximum atomic E-state index is 12.3. The van der Waals surface area contributed by atoms with Gasteiger partial charge in [0.05, 0.1) is 24.9 Å². The lowest BCUT2D eigenvalue weighted by atomic mass is 10.2. The van der Waals surface area contributed by atoms with Gasteiger partial charge in [0.1, 0.15) is 11.5 Å².